The van der Waals surface area contributed by atoms with Crippen LogP contribution in [-0.4, -0.2) is 39.1 Å². The zero-order valence-electron chi connectivity index (χ0n) is 12.2. The zero-order chi connectivity index (χ0) is 14.1. The van der Waals surface area contributed by atoms with E-state index < -0.39 is 0 Å². The first-order valence-corrected chi connectivity index (χ1v) is 7.86. The monoisotopic (exact) mass is 290 g/mol. The van der Waals surface area contributed by atoms with Gasteiger partial charge in [0.05, 0.1) is 5.52 Å². The molecule has 1 fully saturated rings. The fourth-order valence-corrected chi connectivity index (χ4v) is 3.31. The first-order chi connectivity index (χ1) is 9.67. The van der Waals surface area contributed by atoms with Crippen LogP contribution in [0.15, 0.2) is 12.1 Å². The van der Waals surface area contributed by atoms with E-state index in [0.29, 0.717) is 5.92 Å². The number of aryl methyl sites for hydroxylation is 1. The Morgan fingerprint density at radius 1 is 1.35 bits per heavy atom. The van der Waals surface area contributed by atoms with E-state index in [2.05, 4.69) is 32.4 Å². The van der Waals surface area contributed by atoms with E-state index in [1.807, 2.05) is 13.0 Å². The van der Waals surface area contributed by atoms with Crippen molar-refractivity contribution in [3.8, 4) is 0 Å². The molecule has 2 aromatic rings. The average Bonchev–Trinajstić information content (AvgIpc) is 2.76. The molecule has 0 unspecified atom stereocenters. The molecule has 3 heterocycles. The lowest BCUT2D eigenvalue weighted by molar-refractivity contribution is 0.181. The number of H-pyrrole nitrogens is 1. The number of hydrogen-bond acceptors (Lipinski definition) is 3. The fraction of sp³-hybridized carbons (Fsp3) is 0.600. The topological polar surface area (TPSA) is 36.9 Å². The maximum atomic E-state index is 5.47. The number of pyridine rings is 1. The Morgan fingerprint density at radius 2 is 2.10 bits per heavy atom. The lowest BCUT2D eigenvalue weighted by Gasteiger charge is -2.31. The summed E-state index contributed by atoms with van der Waals surface area (Å²) in [5.74, 6) is 0.714. The van der Waals surface area contributed by atoms with Gasteiger partial charge in [-0.15, -0.1) is 0 Å². The minimum Gasteiger partial charge on any atom is -0.329 e. The smallest absolute Gasteiger partial charge is 0.179 e. The summed E-state index contributed by atoms with van der Waals surface area (Å²) < 4.78 is 2.99. The molecule has 2 aromatic heterocycles. The normalized spacial score (nSPS) is 17.9. The number of rotatable bonds is 3. The highest BCUT2D eigenvalue weighted by atomic mass is 32.1. The third-order valence-corrected chi connectivity index (χ3v) is 4.67. The Labute approximate surface area is 124 Å². The molecule has 0 saturated carbocycles. The summed E-state index contributed by atoms with van der Waals surface area (Å²) in [6.45, 7) is 8.85. The number of likely N-dealkylation sites (tertiary alicyclic amines) is 1. The maximum absolute atomic E-state index is 5.47. The summed E-state index contributed by atoms with van der Waals surface area (Å²) in [6.07, 6.45) is 2.52. The largest absolute Gasteiger partial charge is 0.329 e. The third-order valence-electron chi connectivity index (χ3n) is 4.35. The van der Waals surface area contributed by atoms with E-state index >= 15 is 0 Å². The van der Waals surface area contributed by atoms with Gasteiger partial charge in [0.1, 0.15) is 0 Å². The van der Waals surface area contributed by atoms with Crippen LogP contribution in [0.2, 0.25) is 0 Å². The van der Waals surface area contributed by atoms with Gasteiger partial charge < -0.3 is 14.5 Å². The molecule has 0 aliphatic carbocycles. The van der Waals surface area contributed by atoms with Crippen molar-refractivity contribution in [3.05, 3.63) is 22.6 Å². The van der Waals surface area contributed by atoms with Gasteiger partial charge >= 0.3 is 0 Å². The van der Waals surface area contributed by atoms with Gasteiger partial charge in [0.25, 0.3) is 0 Å². The number of imidazole rings is 1. The Kier molecular flexibility index (Phi) is 3.89. The number of fused-ring (bicyclic) bond motifs is 1. The van der Waals surface area contributed by atoms with E-state index in [4.69, 9.17) is 12.2 Å². The van der Waals surface area contributed by atoms with Crippen molar-refractivity contribution < 1.29 is 0 Å². The summed E-state index contributed by atoms with van der Waals surface area (Å²) >= 11 is 5.47. The molecule has 0 amide bonds. The van der Waals surface area contributed by atoms with Gasteiger partial charge in [0.15, 0.2) is 10.4 Å². The molecule has 0 atom stereocenters. The first kappa shape index (κ1) is 13.8. The van der Waals surface area contributed by atoms with Crippen LogP contribution in [0.25, 0.3) is 11.2 Å². The number of aromatic nitrogens is 3. The van der Waals surface area contributed by atoms with Crippen molar-refractivity contribution in [3.63, 3.8) is 0 Å². The molecule has 1 aliphatic rings. The van der Waals surface area contributed by atoms with Crippen molar-refractivity contribution in [1.29, 1.82) is 0 Å². The molecular formula is C15H22N4S. The van der Waals surface area contributed by atoms with Gasteiger partial charge in [0, 0.05) is 12.2 Å². The number of nitrogens with one attached hydrogen (secondary N) is 1. The minimum absolute atomic E-state index is 0.714. The van der Waals surface area contributed by atoms with Gasteiger partial charge in [-0.3, -0.25) is 0 Å². The second-order valence-corrected chi connectivity index (χ2v) is 6.13. The Hall–Kier alpha value is -1.20. The molecule has 0 bridgehead atoms. The van der Waals surface area contributed by atoms with Crippen molar-refractivity contribution >= 4 is 23.4 Å². The lowest BCUT2D eigenvalue weighted by Crippen LogP contribution is -2.34. The van der Waals surface area contributed by atoms with Gasteiger partial charge in [-0.2, -0.15) is 0 Å². The van der Waals surface area contributed by atoms with E-state index in [0.717, 1.165) is 28.2 Å². The van der Waals surface area contributed by atoms with E-state index in [-0.39, 0.29) is 0 Å². The SMILES string of the molecule is CCN1CCC(Cn2c(=S)[nH]c3ccc(C)nc32)CC1. The van der Waals surface area contributed by atoms with Crippen molar-refractivity contribution in [2.75, 3.05) is 19.6 Å². The molecule has 1 N–H and O–H groups in total. The van der Waals surface area contributed by atoms with Crippen LogP contribution in [0.5, 0.6) is 0 Å². The second kappa shape index (κ2) is 5.66. The Bertz CT molecular complexity index is 649. The van der Waals surface area contributed by atoms with Crippen molar-refractivity contribution in [2.45, 2.75) is 33.2 Å². The Balaban J connectivity index is 1.82. The predicted octanol–water partition coefficient (Wildman–Crippen LogP) is 3.13. The molecule has 1 aliphatic heterocycles. The van der Waals surface area contributed by atoms with Gasteiger partial charge in [-0.1, -0.05) is 6.92 Å². The molecule has 0 radical (unpaired) electrons. The van der Waals surface area contributed by atoms with Gasteiger partial charge in [0.2, 0.25) is 0 Å². The van der Waals surface area contributed by atoms with E-state index in [9.17, 15) is 0 Å². The van der Waals surface area contributed by atoms with Crippen molar-refractivity contribution in [1.82, 2.24) is 19.4 Å². The van der Waals surface area contributed by atoms with Crippen LogP contribution in [-0.2, 0) is 6.54 Å². The van der Waals surface area contributed by atoms with Crippen LogP contribution in [0, 0.1) is 17.6 Å². The highest BCUT2D eigenvalue weighted by Crippen LogP contribution is 2.21. The molecule has 3 rings (SSSR count). The minimum atomic E-state index is 0.714. The molecule has 1 saturated heterocycles. The number of aromatic amines is 1. The maximum Gasteiger partial charge on any atom is 0.179 e. The van der Waals surface area contributed by atoms with Gasteiger partial charge in [-0.05, 0) is 69.7 Å². The fourth-order valence-electron chi connectivity index (χ4n) is 3.04. The lowest BCUT2D eigenvalue weighted by atomic mass is 9.97. The third kappa shape index (κ3) is 2.65. The molecule has 20 heavy (non-hydrogen) atoms. The molecule has 0 spiro atoms. The van der Waals surface area contributed by atoms with Crippen LogP contribution in [0.1, 0.15) is 25.5 Å². The van der Waals surface area contributed by atoms with Crippen LogP contribution in [0.4, 0.5) is 0 Å². The summed E-state index contributed by atoms with van der Waals surface area (Å²) in [4.78, 5) is 10.4. The van der Waals surface area contributed by atoms with Crippen molar-refractivity contribution in [2.24, 2.45) is 5.92 Å². The quantitative estimate of drug-likeness (QED) is 0.882. The molecular weight excluding hydrogens is 268 g/mol. The van der Waals surface area contributed by atoms with Crippen LogP contribution >= 0.6 is 12.2 Å². The molecule has 0 aromatic carbocycles. The summed E-state index contributed by atoms with van der Waals surface area (Å²) in [5, 5.41) is 0. The van der Waals surface area contributed by atoms with Crippen LogP contribution in [0.3, 0.4) is 0 Å². The first-order valence-electron chi connectivity index (χ1n) is 7.46. The summed E-state index contributed by atoms with van der Waals surface area (Å²) in [5.41, 5.74) is 3.10. The number of piperidine rings is 1. The summed E-state index contributed by atoms with van der Waals surface area (Å²) in [7, 11) is 0. The summed E-state index contributed by atoms with van der Waals surface area (Å²) in [6, 6.07) is 4.10. The standard InChI is InChI=1S/C15H22N4S/c1-3-18-8-6-12(7-9-18)10-19-14-13(17-15(19)20)5-4-11(2)16-14/h4-5,12H,3,6-10H2,1-2H3,(H,17,20). The molecule has 5 heteroatoms. The second-order valence-electron chi connectivity index (χ2n) is 5.74. The highest BCUT2D eigenvalue weighted by molar-refractivity contribution is 7.71. The number of hydrogen-bond donors (Lipinski definition) is 1. The highest BCUT2D eigenvalue weighted by Gasteiger charge is 2.19. The van der Waals surface area contributed by atoms with E-state index in [1.54, 1.807) is 0 Å². The molecule has 108 valence electrons. The zero-order valence-corrected chi connectivity index (χ0v) is 13.0. The average molecular weight is 290 g/mol. The van der Waals surface area contributed by atoms with Crippen LogP contribution < -0.4 is 0 Å². The van der Waals surface area contributed by atoms with Gasteiger partial charge in [-0.25, -0.2) is 4.98 Å². The Morgan fingerprint density at radius 3 is 2.80 bits per heavy atom. The number of nitrogens with zero attached hydrogens (tertiary/aromatic N) is 3. The predicted molar refractivity (Wildman–Crippen MR) is 84.5 cm³/mol. The van der Waals surface area contributed by atoms with E-state index in [1.165, 1.54) is 32.5 Å². The molecule has 4 nitrogen and oxygen atoms in total.